The fraction of sp³-hybridized carbons (Fsp3) is 0.0909. The zero-order valence-corrected chi connectivity index (χ0v) is 7.83. The number of aliphatic hydroxyl groups excluding tert-OH is 1. The van der Waals surface area contributed by atoms with Gasteiger partial charge in [0.1, 0.15) is 11.5 Å². The van der Waals surface area contributed by atoms with Crippen molar-refractivity contribution in [3.05, 3.63) is 48.4 Å². The van der Waals surface area contributed by atoms with Gasteiger partial charge in [-0.25, -0.2) is 0 Å². The average molecular weight is 206 g/mol. The molecule has 4 heteroatoms. The van der Waals surface area contributed by atoms with Crippen molar-refractivity contribution in [2.45, 2.75) is 6.29 Å². The van der Waals surface area contributed by atoms with E-state index in [1.165, 1.54) is 24.5 Å². The van der Waals surface area contributed by atoms with Crippen LogP contribution in [-0.4, -0.2) is 16.5 Å². The van der Waals surface area contributed by atoms with E-state index in [1.807, 2.05) is 0 Å². The first-order chi connectivity index (χ1) is 7.25. The second-order valence-electron chi connectivity index (χ2n) is 3.00. The maximum Gasteiger partial charge on any atom is 0.298 e. The minimum Gasteiger partial charge on any atom is -0.508 e. The summed E-state index contributed by atoms with van der Waals surface area (Å²) in [6.07, 6.45) is 3.69. The van der Waals surface area contributed by atoms with Crippen LogP contribution >= 0.6 is 0 Å². The lowest BCUT2D eigenvalue weighted by molar-refractivity contribution is -0.0307. The smallest absolute Gasteiger partial charge is 0.298 e. The first-order valence-corrected chi connectivity index (χ1v) is 4.42. The summed E-state index contributed by atoms with van der Waals surface area (Å²) in [5.74, 6) is 0.671. The van der Waals surface area contributed by atoms with Crippen LogP contribution in [0.4, 0.5) is 0 Å². The van der Waals surface area contributed by atoms with E-state index in [4.69, 9.17) is 14.6 Å². The minimum absolute atomic E-state index is 0.00516. The second kappa shape index (κ2) is 3.96. The van der Waals surface area contributed by atoms with Crippen LogP contribution in [0.1, 0.15) is 0 Å². The number of aliphatic hydroxyl groups is 1. The molecule has 1 aromatic rings. The van der Waals surface area contributed by atoms with Gasteiger partial charge in [-0.15, -0.1) is 0 Å². The molecule has 0 aromatic heterocycles. The maximum absolute atomic E-state index is 9.40. The highest BCUT2D eigenvalue weighted by Crippen LogP contribution is 2.20. The monoisotopic (exact) mass is 206 g/mol. The molecule has 1 aliphatic rings. The van der Waals surface area contributed by atoms with Crippen LogP contribution in [0.2, 0.25) is 0 Å². The van der Waals surface area contributed by atoms with Crippen LogP contribution in [0.25, 0.3) is 0 Å². The molecule has 2 rings (SSSR count). The van der Waals surface area contributed by atoms with Gasteiger partial charge in [-0.05, 0) is 36.4 Å². The molecular formula is C11H10O4. The van der Waals surface area contributed by atoms with Gasteiger partial charge in [0.25, 0.3) is 6.29 Å². The van der Waals surface area contributed by atoms with Crippen molar-refractivity contribution in [1.82, 2.24) is 0 Å². The Balaban J connectivity index is 2.06. The van der Waals surface area contributed by atoms with Crippen molar-refractivity contribution in [2.75, 3.05) is 0 Å². The van der Waals surface area contributed by atoms with Crippen molar-refractivity contribution in [1.29, 1.82) is 0 Å². The molecule has 1 unspecified atom stereocenters. The lowest BCUT2D eigenvalue weighted by atomic mass is 10.3. The Morgan fingerprint density at radius 2 is 1.87 bits per heavy atom. The predicted molar refractivity (Wildman–Crippen MR) is 53.5 cm³/mol. The van der Waals surface area contributed by atoms with Gasteiger partial charge in [0.15, 0.2) is 5.76 Å². The van der Waals surface area contributed by atoms with Crippen molar-refractivity contribution in [2.24, 2.45) is 0 Å². The Hall–Kier alpha value is -2.10. The van der Waals surface area contributed by atoms with Gasteiger partial charge in [0.05, 0.1) is 6.26 Å². The fourth-order valence-electron chi connectivity index (χ4n) is 1.14. The minimum atomic E-state index is -0.820. The van der Waals surface area contributed by atoms with E-state index in [0.29, 0.717) is 5.75 Å². The van der Waals surface area contributed by atoms with Gasteiger partial charge in [0.2, 0.25) is 0 Å². The highest BCUT2D eigenvalue weighted by atomic mass is 16.7. The van der Waals surface area contributed by atoms with Crippen LogP contribution in [0.3, 0.4) is 0 Å². The summed E-state index contributed by atoms with van der Waals surface area (Å²) in [6.45, 7) is 0. The van der Waals surface area contributed by atoms with Crippen LogP contribution in [-0.2, 0) is 4.74 Å². The van der Waals surface area contributed by atoms with E-state index in [-0.39, 0.29) is 11.5 Å². The number of hydrogen-bond acceptors (Lipinski definition) is 4. The number of ether oxygens (including phenoxy) is 2. The molecule has 1 aliphatic heterocycles. The Morgan fingerprint density at radius 1 is 1.13 bits per heavy atom. The Kier molecular flexibility index (Phi) is 2.49. The van der Waals surface area contributed by atoms with E-state index in [9.17, 15) is 5.11 Å². The third-order valence-electron chi connectivity index (χ3n) is 1.87. The number of phenolic OH excluding ortho intramolecular Hbond substituents is 1. The van der Waals surface area contributed by atoms with Crippen LogP contribution in [0.15, 0.2) is 48.4 Å². The second-order valence-corrected chi connectivity index (χ2v) is 3.00. The lowest BCUT2D eigenvalue weighted by Gasteiger charge is -2.19. The Labute approximate surface area is 86.7 Å². The molecule has 0 saturated heterocycles. The molecule has 1 atom stereocenters. The van der Waals surface area contributed by atoms with Gasteiger partial charge in [-0.3, -0.25) is 0 Å². The predicted octanol–water partition coefficient (Wildman–Crippen LogP) is 2.08. The van der Waals surface area contributed by atoms with Gasteiger partial charge in [-0.1, -0.05) is 0 Å². The van der Waals surface area contributed by atoms with Crippen molar-refractivity contribution in [3.63, 3.8) is 0 Å². The fourth-order valence-corrected chi connectivity index (χ4v) is 1.14. The largest absolute Gasteiger partial charge is 0.508 e. The van der Waals surface area contributed by atoms with E-state index < -0.39 is 6.29 Å². The molecule has 1 heterocycles. The zero-order chi connectivity index (χ0) is 10.7. The molecule has 1 aromatic carbocycles. The molecular weight excluding hydrogens is 196 g/mol. The maximum atomic E-state index is 9.40. The summed E-state index contributed by atoms with van der Waals surface area (Å²) in [5.41, 5.74) is 0. The normalized spacial score (nSPS) is 19.2. The number of rotatable bonds is 2. The molecule has 0 radical (unpaired) electrons. The molecule has 0 bridgehead atoms. The SMILES string of the molecule is OC1=CC=COC1Oc1ccc(O)cc1. The number of benzene rings is 1. The molecule has 0 spiro atoms. The number of hydrogen-bond donors (Lipinski definition) is 2. The topological polar surface area (TPSA) is 58.9 Å². The van der Waals surface area contributed by atoms with Crippen molar-refractivity contribution >= 4 is 0 Å². The van der Waals surface area contributed by atoms with Crippen molar-refractivity contribution < 1.29 is 19.7 Å². The van der Waals surface area contributed by atoms with Gasteiger partial charge in [-0.2, -0.15) is 0 Å². The molecule has 4 nitrogen and oxygen atoms in total. The zero-order valence-electron chi connectivity index (χ0n) is 7.83. The summed E-state index contributed by atoms with van der Waals surface area (Å²) < 4.78 is 10.4. The number of phenols is 1. The molecule has 0 fully saturated rings. The standard InChI is InChI=1S/C11H10O4/c12-8-3-5-9(6-4-8)15-11-10(13)2-1-7-14-11/h1-7,11-13H. The molecule has 15 heavy (non-hydrogen) atoms. The Bertz CT molecular complexity index is 392. The third kappa shape index (κ3) is 2.22. The van der Waals surface area contributed by atoms with Gasteiger partial charge in [0, 0.05) is 0 Å². The summed E-state index contributed by atoms with van der Waals surface area (Å²) >= 11 is 0. The van der Waals surface area contributed by atoms with E-state index >= 15 is 0 Å². The molecule has 0 saturated carbocycles. The van der Waals surface area contributed by atoms with Crippen LogP contribution in [0.5, 0.6) is 11.5 Å². The summed E-state index contributed by atoms with van der Waals surface area (Å²) in [5, 5.41) is 18.5. The quantitative estimate of drug-likeness (QED) is 0.777. The third-order valence-corrected chi connectivity index (χ3v) is 1.87. The number of aromatic hydroxyl groups is 1. The molecule has 0 aliphatic carbocycles. The van der Waals surface area contributed by atoms with E-state index in [1.54, 1.807) is 18.2 Å². The summed E-state index contributed by atoms with van der Waals surface area (Å²) in [4.78, 5) is 0. The van der Waals surface area contributed by atoms with Gasteiger partial charge < -0.3 is 19.7 Å². The molecule has 0 amide bonds. The van der Waals surface area contributed by atoms with E-state index in [0.717, 1.165) is 0 Å². The lowest BCUT2D eigenvalue weighted by Crippen LogP contribution is -2.22. The first-order valence-electron chi connectivity index (χ1n) is 4.42. The molecule has 78 valence electrons. The van der Waals surface area contributed by atoms with E-state index in [2.05, 4.69) is 0 Å². The molecule has 2 N–H and O–H groups in total. The van der Waals surface area contributed by atoms with Crippen LogP contribution < -0.4 is 4.74 Å². The summed E-state index contributed by atoms with van der Waals surface area (Å²) in [7, 11) is 0. The first kappa shape index (κ1) is 9.45. The number of allylic oxidation sites excluding steroid dienone is 2. The summed E-state index contributed by atoms with van der Waals surface area (Å²) in [6, 6.07) is 6.16. The highest BCUT2D eigenvalue weighted by Gasteiger charge is 2.17. The average Bonchev–Trinajstić information content (AvgIpc) is 2.25. The Morgan fingerprint density at radius 3 is 2.53 bits per heavy atom. The van der Waals surface area contributed by atoms with Gasteiger partial charge >= 0.3 is 0 Å². The van der Waals surface area contributed by atoms with Crippen molar-refractivity contribution in [3.8, 4) is 11.5 Å². The van der Waals surface area contributed by atoms with Crippen LogP contribution in [0, 0.1) is 0 Å². The highest BCUT2D eigenvalue weighted by molar-refractivity contribution is 5.30.